The Kier molecular flexibility index (Phi) is 4.00. The smallest absolute Gasteiger partial charge is 0.137 e. The number of imidazole rings is 1. The van der Waals surface area contributed by atoms with E-state index < -0.39 is 0 Å². The van der Waals surface area contributed by atoms with E-state index in [0.717, 1.165) is 48.7 Å². The highest BCUT2D eigenvalue weighted by molar-refractivity contribution is 6.30. The maximum absolute atomic E-state index is 10.0. The van der Waals surface area contributed by atoms with E-state index >= 15 is 0 Å². The molecule has 0 amide bonds. The van der Waals surface area contributed by atoms with Crippen LogP contribution in [0, 0.1) is 0 Å². The molecule has 3 aromatic rings. The summed E-state index contributed by atoms with van der Waals surface area (Å²) in [6.45, 7) is 1.83. The first-order valence-electron chi connectivity index (χ1n) is 8.14. The molecule has 24 heavy (non-hydrogen) atoms. The first kappa shape index (κ1) is 15.6. The molecule has 0 aliphatic carbocycles. The zero-order chi connectivity index (χ0) is 16.6. The van der Waals surface area contributed by atoms with Gasteiger partial charge in [0.1, 0.15) is 5.65 Å². The zero-order valence-corrected chi connectivity index (χ0v) is 14.0. The van der Waals surface area contributed by atoms with E-state index in [0.29, 0.717) is 5.02 Å². The lowest BCUT2D eigenvalue weighted by atomic mass is 9.78. The molecule has 0 radical (unpaired) electrons. The quantitative estimate of drug-likeness (QED) is 0.768. The number of nitrogens with one attached hydrogen (secondary N) is 1. The van der Waals surface area contributed by atoms with Crippen molar-refractivity contribution in [3.8, 4) is 11.4 Å². The first-order chi connectivity index (χ1) is 11.7. The number of aliphatic hydroxyl groups excluding tert-OH is 1. The van der Waals surface area contributed by atoms with E-state index in [9.17, 15) is 5.11 Å². The first-order valence-corrected chi connectivity index (χ1v) is 8.52. The average Bonchev–Trinajstić information content (AvgIpc) is 3.05. The summed E-state index contributed by atoms with van der Waals surface area (Å²) in [5.74, 6) is 0. The molecule has 3 aromatic heterocycles. The summed E-state index contributed by atoms with van der Waals surface area (Å²) in [6, 6.07) is 9.67. The number of aliphatic hydroxyl groups is 1. The third kappa shape index (κ3) is 2.59. The van der Waals surface area contributed by atoms with Crippen LogP contribution < -0.4 is 5.32 Å². The summed E-state index contributed by atoms with van der Waals surface area (Å²) in [6.07, 6.45) is 5.63. The summed E-state index contributed by atoms with van der Waals surface area (Å²) in [5, 5.41) is 14.0. The second kappa shape index (κ2) is 6.16. The van der Waals surface area contributed by atoms with Crippen molar-refractivity contribution in [2.75, 3.05) is 19.7 Å². The third-order valence-corrected chi connectivity index (χ3v) is 5.02. The lowest BCUT2D eigenvalue weighted by molar-refractivity contribution is 0.159. The largest absolute Gasteiger partial charge is 0.395 e. The molecule has 124 valence electrons. The Morgan fingerprint density at radius 2 is 2.21 bits per heavy atom. The molecule has 5 nitrogen and oxygen atoms in total. The van der Waals surface area contributed by atoms with Crippen LogP contribution in [-0.2, 0) is 5.41 Å². The monoisotopic (exact) mass is 342 g/mol. The number of halogens is 1. The lowest BCUT2D eigenvalue weighted by Gasteiger charge is -2.35. The zero-order valence-electron chi connectivity index (χ0n) is 13.2. The van der Waals surface area contributed by atoms with Crippen LogP contribution in [-0.4, -0.2) is 39.2 Å². The fourth-order valence-corrected chi connectivity index (χ4v) is 3.58. The van der Waals surface area contributed by atoms with Gasteiger partial charge in [0.05, 0.1) is 34.9 Å². The Morgan fingerprint density at radius 1 is 1.29 bits per heavy atom. The summed E-state index contributed by atoms with van der Waals surface area (Å²) < 4.78 is 1.94. The van der Waals surface area contributed by atoms with E-state index in [2.05, 4.69) is 10.3 Å². The van der Waals surface area contributed by atoms with Gasteiger partial charge in [-0.25, -0.2) is 4.98 Å². The van der Waals surface area contributed by atoms with Crippen molar-refractivity contribution in [1.29, 1.82) is 0 Å². The van der Waals surface area contributed by atoms with E-state index in [1.165, 1.54) is 0 Å². The predicted octanol–water partition coefficient (Wildman–Crippen LogP) is 2.66. The number of fused-ring (bicyclic) bond motifs is 1. The number of hydrogen-bond acceptors (Lipinski definition) is 4. The average molecular weight is 343 g/mol. The molecule has 1 unspecified atom stereocenters. The van der Waals surface area contributed by atoms with E-state index in [1.54, 1.807) is 0 Å². The van der Waals surface area contributed by atoms with Crippen LogP contribution in [0.4, 0.5) is 0 Å². The Balaban J connectivity index is 1.80. The van der Waals surface area contributed by atoms with Crippen LogP contribution in [0.1, 0.15) is 18.5 Å². The van der Waals surface area contributed by atoms with Crippen molar-refractivity contribution in [2.24, 2.45) is 0 Å². The Bertz CT molecular complexity index is 870. The highest BCUT2D eigenvalue weighted by Crippen LogP contribution is 2.31. The number of hydrogen-bond donors (Lipinski definition) is 2. The number of piperidine rings is 1. The minimum atomic E-state index is -0.313. The number of pyridine rings is 2. The Hall–Kier alpha value is -1.95. The second-order valence-electron chi connectivity index (χ2n) is 6.35. The lowest BCUT2D eigenvalue weighted by Crippen LogP contribution is -2.46. The van der Waals surface area contributed by atoms with Gasteiger partial charge < -0.3 is 10.4 Å². The molecule has 1 saturated heterocycles. The van der Waals surface area contributed by atoms with Crippen LogP contribution >= 0.6 is 11.6 Å². The molecule has 0 bridgehead atoms. The molecule has 4 heterocycles. The fraction of sp³-hybridized carbons (Fsp3) is 0.333. The van der Waals surface area contributed by atoms with Crippen LogP contribution in [0.25, 0.3) is 17.0 Å². The summed E-state index contributed by atoms with van der Waals surface area (Å²) in [7, 11) is 0. The molecule has 1 aliphatic heterocycles. The second-order valence-corrected chi connectivity index (χ2v) is 6.78. The van der Waals surface area contributed by atoms with Crippen molar-refractivity contribution in [3.63, 3.8) is 0 Å². The topological polar surface area (TPSA) is 62.5 Å². The highest BCUT2D eigenvalue weighted by Gasteiger charge is 2.34. The van der Waals surface area contributed by atoms with Crippen LogP contribution in [0.3, 0.4) is 0 Å². The minimum absolute atomic E-state index is 0.0927. The molecular weight excluding hydrogens is 324 g/mol. The minimum Gasteiger partial charge on any atom is -0.395 e. The molecule has 1 fully saturated rings. The van der Waals surface area contributed by atoms with Gasteiger partial charge in [-0.2, -0.15) is 0 Å². The van der Waals surface area contributed by atoms with Crippen molar-refractivity contribution in [2.45, 2.75) is 18.3 Å². The van der Waals surface area contributed by atoms with Gasteiger partial charge >= 0.3 is 0 Å². The van der Waals surface area contributed by atoms with Crippen LogP contribution in [0.5, 0.6) is 0 Å². The fourth-order valence-electron chi connectivity index (χ4n) is 3.42. The molecule has 0 saturated carbocycles. The number of aromatic nitrogens is 3. The van der Waals surface area contributed by atoms with E-state index in [1.807, 2.05) is 47.1 Å². The van der Waals surface area contributed by atoms with Crippen LogP contribution in [0.2, 0.25) is 5.02 Å². The number of nitrogens with zero attached hydrogens (tertiary/aromatic N) is 3. The highest BCUT2D eigenvalue weighted by atomic mass is 35.5. The molecule has 1 atom stereocenters. The van der Waals surface area contributed by atoms with Gasteiger partial charge in [-0.15, -0.1) is 0 Å². The molecule has 1 aliphatic rings. The summed E-state index contributed by atoms with van der Waals surface area (Å²) in [5.41, 5.74) is 3.17. The van der Waals surface area contributed by atoms with Gasteiger partial charge in [-0.05, 0) is 43.7 Å². The van der Waals surface area contributed by atoms with Gasteiger partial charge in [-0.3, -0.25) is 9.38 Å². The summed E-state index contributed by atoms with van der Waals surface area (Å²) >= 11 is 6.12. The molecule has 2 N–H and O–H groups in total. The number of rotatable bonds is 3. The third-order valence-electron chi connectivity index (χ3n) is 4.80. The maximum Gasteiger partial charge on any atom is 0.137 e. The molecule has 4 rings (SSSR count). The molecular formula is C18H19ClN4O. The van der Waals surface area contributed by atoms with Crippen LogP contribution in [0.15, 0.2) is 42.7 Å². The van der Waals surface area contributed by atoms with Gasteiger partial charge in [0.2, 0.25) is 0 Å². The van der Waals surface area contributed by atoms with E-state index in [4.69, 9.17) is 16.6 Å². The van der Waals surface area contributed by atoms with Crippen molar-refractivity contribution >= 4 is 17.2 Å². The maximum atomic E-state index is 10.0. The van der Waals surface area contributed by atoms with Gasteiger partial charge in [-0.1, -0.05) is 17.7 Å². The van der Waals surface area contributed by atoms with E-state index in [-0.39, 0.29) is 12.0 Å². The molecule has 0 spiro atoms. The van der Waals surface area contributed by atoms with Crippen molar-refractivity contribution < 1.29 is 5.11 Å². The predicted molar refractivity (Wildman–Crippen MR) is 94.3 cm³/mol. The van der Waals surface area contributed by atoms with Crippen molar-refractivity contribution in [3.05, 3.63) is 53.4 Å². The molecule has 0 aromatic carbocycles. The Morgan fingerprint density at radius 3 is 3.00 bits per heavy atom. The van der Waals surface area contributed by atoms with Gasteiger partial charge in [0.15, 0.2) is 0 Å². The van der Waals surface area contributed by atoms with Gasteiger partial charge in [0, 0.05) is 18.2 Å². The SMILES string of the molecule is OCC1(c2cccc(-c3cnc4ccc(Cl)cn34)n2)CCCNC1. The van der Waals surface area contributed by atoms with Gasteiger partial charge in [0.25, 0.3) is 0 Å². The van der Waals surface area contributed by atoms with Crippen molar-refractivity contribution in [1.82, 2.24) is 19.7 Å². The normalized spacial score (nSPS) is 21.2. The molecule has 6 heteroatoms. The Labute approximate surface area is 145 Å². The summed E-state index contributed by atoms with van der Waals surface area (Å²) in [4.78, 5) is 9.28. The standard InChI is InChI=1S/C18H19ClN4O/c19-13-5-6-17-21-9-15(23(17)10-13)14-3-1-4-16(22-14)18(12-24)7-2-8-20-11-18/h1,3-6,9-10,20,24H,2,7-8,11-12H2.